The Labute approximate surface area is 158 Å². The van der Waals surface area contributed by atoms with Gasteiger partial charge in [0.25, 0.3) is 0 Å². The summed E-state index contributed by atoms with van der Waals surface area (Å²) in [5.74, 6) is 1.27. The van der Waals surface area contributed by atoms with E-state index in [2.05, 4.69) is 11.9 Å². The van der Waals surface area contributed by atoms with Gasteiger partial charge in [0.2, 0.25) is 5.91 Å². The Morgan fingerprint density at radius 3 is 2.56 bits per heavy atom. The molecule has 0 saturated carbocycles. The van der Waals surface area contributed by atoms with Crippen molar-refractivity contribution < 1.29 is 19.0 Å². The normalized spacial score (nSPS) is 10.1. The zero-order chi connectivity index (χ0) is 19.6. The second-order valence-corrected chi connectivity index (χ2v) is 5.36. The van der Waals surface area contributed by atoms with Crippen LogP contribution in [0.3, 0.4) is 0 Å². The van der Waals surface area contributed by atoms with Crippen LogP contribution in [0.15, 0.2) is 55.1 Å². The number of nitrogens with zero attached hydrogens (tertiary/aromatic N) is 1. The lowest BCUT2D eigenvalue weighted by Crippen LogP contribution is -2.09. The van der Waals surface area contributed by atoms with Crippen molar-refractivity contribution in [3.8, 4) is 23.3 Å². The first kappa shape index (κ1) is 19.6. The lowest BCUT2D eigenvalue weighted by Gasteiger charge is -2.10. The van der Waals surface area contributed by atoms with Crippen molar-refractivity contribution in [2.75, 3.05) is 26.1 Å². The summed E-state index contributed by atoms with van der Waals surface area (Å²) in [6.07, 6.45) is 4.68. The van der Waals surface area contributed by atoms with Gasteiger partial charge in [-0.15, -0.1) is 0 Å². The minimum absolute atomic E-state index is 0.352. The number of hydrogen-bond acceptors (Lipinski definition) is 5. The van der Waals surface area contributed by atoms with Gasteiger partial charge in [-0.05, 0) is 42.0 Å². The Balaban J connectivity index is 2.13. The molecule has 0 aliphatic heterocycles. The van der Waals surface area contributed by atoms with Crippen molar-refractivity contribution in [2.24, 2.45) is 0 Å². The van der Waals surface area contributed by atoms with E-state index in [0.717, 1.165) is 5.56 Å². The van der Waals surface area contributed by atoms with Crippen LogP contribution in [0.5, 0.6) is 17.2 Å². The molecule has 1 N–H and O–H groups in total. The lowest BCUT2D eigenvalue weighted by molar-refractivity contribution is -0.111. The highest BCUT2D eigenvalue weighted by Crippen LogP contribution is 2.29. The number of methoxy groups -OCH3 is 2. The highest BCUT2D eigenvalue weighted by molar-refractivity contribution is 6.02. The molecule has 2 aromatic carbocycles. The highest BCUT2D eigenvalue weighted by Gasteiger charge is 2.08. The Hall–Kier alpha value is -3.72. The van der Waals surface area contributed by atoms with E-state index < -0.39 is 0 Å². The minimum atomic E-state index is -0.352. The maximum Gasteiger partial charge on any atom is 0.248 e. The van der Waals surface area contributed by atoms with Crippen LogP contribution < -0.4 is 19.5 Å². The van der Waals surface area contributed by atoms with E-state index in [1.54, 1.807) is 49.6 Å². The van der Waals surface area contributed by atoms with Crippen molar-refractivity contribution in [1.29, 1.82) is 5.26 Å². The van der Waals surface area contributed by atoms with Crippen LogP contribution in [0, 0.1) is 11.3 Å². The number of benzene rings is 2. The van der Waals surface area contributed by atoms with E-state index in [0.29, 0.717) is 35.1 Å². The summed E-state index contributed by atoms with van der Waals surface area (Å²) in [7, 11) is 3.04. The number of carbonyl (C=O) groups excluding carboxylic acids is 1. The van der Waals surface area contributed by atoms with Crippen LogP contribution in [0.1, 0.15) is 11.1 Å². The number of carbonyl (C=O) groups is 1. The monoisotopic (exact) mass is 364 g/mol. The molecule has 0 fully saturated rings. The van der Waals surface area contributed by atoms with Crippen LogP contribution in [-0.2, 0) is 4.79 Å². The quantitative estimate of drug-likeness (QED) is 0.569. The minimum Gasteiger partial charge on any atom is -0.495 e. The van der Waals surface area contributed by atoms with Crippen molar-refractivity contribution >= 4 is 17.7 Å². The standard InChI is InChI=1S/C21H20N2O4/c1-4-11-27-19-9-5-15(13-20(19)26-3)7-10-21(24)23-17-12-16(14-22)6-8-18(17)25-2/h4-10,12-13H,1,11H2,2-3H3,(H,23,24)/b10-7+. The third kappa shape index (κ3) is 5.38. The summed E-state index contributed by atoms with van der Waals surface area (Å²) < 4.78 is 16.0. The van der Waals surface area contributed by atoms with Gasteiger partial charge in [-0.3, -0.25) is 4.79 Å². The van der Waals surface area contributed by atoms with Crippen LogP contribution in [0.25, 0.3) is 6.08 Å². The van der Waals surface area contributed by atoms with E-state index >= 15 is 0 Å². The topological polar surface area (TPSA) is 80.6 Å². The highest BCUT2D eigenvalue weighted by atomic mass is 16.5. The van der Waals surface area contributed by atoms with E-state index in [1.165, 1.54) is 13.2 Å². The predicted molar refractivity (Wildman–Crippen MR) is 104 cm³/mol. The molecule has 0 saturated heterocycles. The average molecular weight is 364 g/mol. The van der Waals surface area contributed by atoms with Gasteiger partial charge in [0.05, 0.1) is 31.5 Å². The van der Waals surface area contributed by atoms with Crippen molar-refractivity contribution in [1.82, 2.24) is 0 Å². The van der Waals surface area contributed by atoms with Gasteiger partial charge >= 0.3 is 0 Å². The second-order valence-electron chi connectivity index (χ2n) is 5.36. The summed E-state index contributed by atoms with van der Waals surface area (Å²) in [4.78, 5) is 12.2. The maximum atomic E-state index is 12.2. The number of amides is 1. The molecule has 0 radical (unpaired) electrons. The fourth-order valence-corrected chi connectivity index (χ4v) is 2.28. The maximum absolute atomic E-state index is 12.2. The van der Waals surface area contributed by atoms with Crippen molar-refractivity contribution in [3.63, 3.8) is 0 Å². The third-order valence-corrected chi connectivity index (χ3v) is 3.56. The Kier molecular flexibility index (Phi) is 7.03. The summed E-state index contributed by atoms with van der Waals surface area (Å²) in [5, 5.41) is 11.7. The third-order valence-electron chi connectivity index (χ3n) is 3.56. The van der Waals surface area contributed by atoms with E-state index in [-0.39, 0.29) is 5.91 Å². The Morgan fingerprint density at radius 1 is 1.15 bits per heavy atom. The van der Waals surface area contributed by atoms with Gasteiger partial charge in [0.15, 0.2) is 11.5 Å². The molecule has 2 rings (SSSR count). The molecule has 0 unspecified atom stereocenters. The van der Waals surface area contributed by atoms with Gasteiger partial charge in [-0.2, -0.15) is 5.26 Å². The summed E-state index contributed by atoms with van der Waals surface area (Å²) >= 11 is 0. The molecule has 0 spiro atoms. The van der Waals surface area contributed by atoms with Gasteiger partial charge in [-0.25, -0.2) is 0 Å². The first-order valence-corrected chi connectivity index (χ1v) is 8.10. The van der Waals surface area contributed by atoms with E-state index in [4.69, 9.17) is 19.5 Å². The molecule has 0 aliphatic carbocycles. The zero-order valence-electron chi connectivity index (χ0n) is 15.2. The van der Waals surface area contributed by atoms with E-state index in [9.17, 15) is 4.79 Å². The van der Waals surface area contributed by atoms with Gasteiger partial charge in [0, 0.05) is 6.08 Å². The number of anilines is 1. The zero-order valence-corrected chi connectivity index (χ0v) is 15.2. The molecular weight excluding hydrogens is 344 g/mol. The number of nitriles is 1. The first-order chi connectivity index (χ1) is 13.1. The van der Waals surface area contributed by atoms with Gasteiger partial charge < -0.3 is 19.5 Å². The average Bonchev–Trinajstić information content (AvgIpc) is 2.70. The van der Waals surface area contributed by atoms with Gasteiger partial charge in [0.1, 0.15) is 12.4 Å². The molecule has 6 heteroatoms. The van der Waals surface area contributed by atoms with Crippen molar-refractivity contribution in [3.05, 3.63) is 66.3 Å². The lowest BCUT2D eigenvalue weighted by atomic mass is 10.1. The molecule has 0 atom stereocenters. The largest absolute Gasteiger partial charge is 0.495 e. The molecule has 27 heavy (non-hydrogen) atoms. The smallest absolute Gasteiger partial charge is 0.248 e. The molecule has 0 bridgehead atoms. The molecule has 6 nitrogen and oxygen atoms in total. The van der Waals surface area contributed by atoms with Crippen LogP contribution in [0.4, 0.5) is 5.69 Å². The Bertz CT molecular complexity index is 898. The molecule has 1 amide bonds. The van der Waals surface area contributed by atoms with Crippen molar-refractivity contribution in [2.45, 2.75) is 0 Å². The van der Waals surface area contributed by atoms with Gasteiger partial charge in [-0.1, -0.05) is 18.7 Å². The fraction of sp³-hybridized carbons (Fsp3) is 0.143. The van der Waals surface area contributed by atoms with Crippen LogP contribution in [-0.4, -0.2) is 26.7 Å². The molecule has 138 valence electrons. The fourth-order valence-electron chi connectivity index (χ4n) is 2.28. The second kappa shape index (κ2) is 9.68. The molecular formula is C21H20N2O4. The van der Waals surface area contributed by atoms with Crippen LogP contribution >= 0.6 is 0 Å². The Morgan fingerprint density at radius 2 is 1.89 bits per heavy atom. The predicted octanol–water partition coefficient (Wildman–Crippen LogP) is 3.79. The SMILES string of the molecule is C=CCOc1ccc(/C=C/C(=O)Nc2cc(C#N)ccc2OC)cc1OC. The number of rotatable bonds is 8. The number of hydrogen-bond donors (Lipinski definition) is 1. The van der Waals surface area contributed by atoms with E-state index in [1.807, 2.05) is 12.1 Å². The number of ether oxygens (including phenoxy) is 3. The molecule has 0 heterocycles. The molecule has 0 aliphatic rings. The number of nitrogens with one attached hydrogen (secondary N) is 1. The molecule has 0 aromatic heterocycles. The van der Waals surface area contributed by atoms with Crippen LogP contribution in [0.2, 0.25) is 0 Å². The first-order valence-electron chi connectivity index (χ1n) is 8.10. The summed E-state index contributed by atoms with van der Waals surface area (Å²) in [6.45, 7) is 3.98. The summed E-state index contributed by atoms with van der Waals surface area (Å²) in [6, 6.07) is 12.2. The summed E-state index contributed by atoms with van der Waals surface area (Å²) in [5.41, 5.74) is 1.62. The molecule has 2 aromatic rings.